The number of hydrogen-bond donors (Lipinski definition) is 1. The van der Waals surface area contributed by atoms with Crippen LogP contribution in [0.25, 0.3) is 0 Å². The highest BCUT2D eigenvalue weighted by Gasteiger charge is 2.48. The van der Waals surface area contributed by atoms with E-state index in [0.29, 0.717) is 30.8 Å². The van der Waals surface area contributed by atoms with E-state index in [1.807, 2.05) is 13.0 Å². The summed E-state index contributed by atoms with van der Waals surface area (Å²) in [5, 5.41) is 9.65. The molecule has 1 aliphatic carbocycles. The Balaban J connectivity index is 2.70. The number of methoxy groups -OCH3 is 2. The van der Waals surface area contributed by atoms with Gasteiger partial charge in [0.2, 0.25) is 0 Å². The Morgan fingerprint density at radius 2 is 1.95 bits per heavy atom. The molecule has 110 valence electrons. The Kier molecular flexibility index (Phi) is 4.28. The maximum Gasteiger partial charge on any atom is 0.314 e. The summed E-state index contributed by atoms with van der Waals surface area (Å²) in [6.07, 6.45) is 3.01. The maximum atomic E-state index is 11.8. The molecular weight excluding hydrogens is 324 g/mol. The highest BCUT2D eigenvalue weighted by atomic mass is 79.9. The van der Waals surface area contributed by atoms with E-state index in [0.717, 1.165) is 22.0 Å². The van der Waals surface area contributed by atoms with Gasteiger partial charge in [-0.25, -0.2) is 0 Å². The molecule has 0 unspecified atom stereocenters. The summed E-state index contributed by atoms with van der Waals surface area (Å²) in [6.45, 7) is 2.00. The topological polar surface area (TPSA) is 55.8 Å². The summed E-state index contributed by atoms with van der Waals surface area (Å²) in [5.41, 5.74) is 1.01. The van der Waals surface area contributed by atoms with Crippen LogP contribution in [0.5, 0.6) is 11.5 Å². The largest absolute Gasteiger partial charge is 0.493 e. The molecule has 0 heterocycles. The van der Waals surface area contributed by atoms with Crippen molar-refractivity contribution in [2.45, 2.75) is 38.0 Å². The van der Waals surface area contributed by atoms with Crippen molar-refractivity contribution in [3.63, 3.8) is 0 Å². The number of carbonyl (C=O) groups is 1. The van der Waals surface area contributed by atoms with Crippen molar-refractivity contribution in [2.24, 2.45) is 0 Å². The first-order chi connectivity index (χ1) is 9.51. The first-order valence-electron chi connectivity index (χ1n) is 6.69. The molecule has 1 aromatic rings. The summed E-state index contributed by atoms with van der Waals surface area (Å²) < 4.78 is 11.6. The molecule has 1 aliphatic rings. The quantitative estimate of drug-likeness (QED) is 0.889. The number of hydrogen-bond acceptors (Lipinski definition) is 3. The zero-order valence-electron chi connectivity index (χ0n) is 12.0. The van der Waals surface area contributed by atoms with Gasteiger partial charge in [-0.15, -0.1) is 0 Å². The van der Waals surface area contributed by atoms with Crippen LogP contribution in [-0.4, -0.2) is 25.3 Å². The first kappa shape index (κ1) is 15.2. The number of halogens is 1. The summed E-state index contributed by atoms with van der Waals surface area (Å²) in [6, 6.07) is 1.88. The second-order valence-corrected chi connectivity index (χ2v) is 5.90. The van der Waals surface area contributed by atoms with Gasteiger partial charge in [0.05, 0.1) is 24.1 Å². The summed E-state index contributed by atoms with van der Waals surface area (Å²) in [7, 11) is 3.17. The Labute approximate surface area is 127 Å². The number of carboxylic acid groups (broad SMARTS) is 1. The fourth-order valence-electron chi connectivity index (χ4n) is 2.96. The Bertz CT molecular complexity index is 535. The van der Waals surface area contributed by atoms with Crippen LogP contribution in [0.3, 0.4) is 0 Å². The van der Waals surface area contributed by atoms with Crippen LogP contribution in [0.2, 0.25) is 0 Å². The molecule has 20 heavy (non-hydrogen) atoms. The van der Waals surface area contributed by atoms with Gasteiger partial charge in [-0.05, 0) is 46.8 Å². The van der Waals surface area contributed by atoms with Gasteiger partial charge in [0.1, 0.15) is 0 Å². The lowest BCUT2D eigenvalue weighted by atomic mass is 9.63. The molecule has 0 radical (unpaired) electrons. The zero-order valence-corrected chi connectivity index (χ0v) is 13.5. The minimum atomic E-state index is -0.770. The lowest BCUT2D eigenvalue weighted by Crippen LogP contribution is -2.43. The van der Waals surface area contributed by atoms with E-state index in [1.54, 1.807) is 14.2 Å². The normalized spacial score (nSPS) is 16.4. The standard InChI is InChI=1S/C15H19BrO4/c1-4-9-10(15(14(17)18)6-5-7-15)8-11(16)13(20-3)12(9)19-2/h8H,4-7H2,1-3H3,(H,17,18). The van der Waals surface area contributed by atoms with Crippen LogP contribution < -0.4 is 9.47 Å². The molecule has 0 saturated heterocycles. The number of ether oxygens (including phenoxy) is 2. The van der Waals surface area contributed by atoms with E-state index < -0.39 is 11.4 Å². The van der Waals surface area contributed by atoms with Crippen LogP contribution in [0.15, 0.2) is 10.5 Å². The molecule has 0 bridgehead atoms. The average Bonchev–Trinajstić information content (AvgIpc) is 2.36. The highest BCUT2D eigenvalue weighted by molar-refractivity contribution is 9.10. The molecule has 0 atom stereocenters. The van der Waals surface area contributed by atoms with Crippen molar-refractivity contribution < 1.29 is 19.4 Å². The molecule has 1 fully saturated rings. The highest BCUT2D eigenvalue weighted by Crippen LogP contribution is 2.50. The smallest absolute Gasteiger partial charge is 0.314 e. The van der Waals surface area contributed by atoms with E-state index in [-0.39, 0.29) is 0 Å². The minimum Gasteiger partial charge on any atom is -0.493 e. The monoisotopic (exact) mass is 342 g/mol. The van der Waals surface area contributed by atoms with Gasteiger partial charge in [-0.3, -0.25) is 4.79 Å². The zero-order chi connectivity index (χ0) is 14.9. The molecule has 1 aromatic carbocycles. The minimum absolute atomic E-state index is 0.618. The van der Waals surface area contributed by atoms with Crippen molar-refractivity contribution in [1.29, 1.82) is 0 Å². The van der Waals surface area contributed by atoms with Crippen LogP contribution in [0, 0.1) is 0 Å². The maximum absolute atomic E-state index is 11.8. The summed E-state index contributed by atoms with van der Waals surface area (Å²) in [5.74, 6) is 0.498. The van der Waals surface area contributed by atoms with Gasteiger partial charge in [0.15, 0.2) is 11.5 Å². The number of carboxylic acids is 1. The average molecular weight is 343 g/mol. The van der Waals surface area contributed by atoms with Gasteiger partial charge in [-0.1, -0.05) is 13.3 Å². The van der Waals surface area contributed by atoms with Crippen LogP contribution >= 0.6 is 15.9 Å². The molecule has 0 amide bonds. The second kappa shape index (κ2) is 5.64. The SMILES string of the molecule is CCc1c(C2(C(=O)O)CCC2)cc(Br)c(OC)c1OC. The van der Waals surface area contributed by atoms with Crippen molar-refractivity contribution in [3.05, 3.63) is 21.7 Å². The fraction of sp³-hybridized carbons (Fsp3) is 0.533. The van der Waals surface area contributed by atoms with Crippen LogP contribution in [0.4, 0.5) is 0 Å². The van der Waals surface area contributed by atoms with Gasteiger partial charge < -0.3 is 14.6 Å². The summed E-state index contributed by atoms with van der Waals surface area (Å²) in [4.78, 5) is 11.8. The van der Waals surface area contributed by atoms with E-state index >= 15 is 0 Å². The molecule has 0 aromatic heterocycles. The summed E-state index contributed by atoms with van der Waals surface area (Å²) >= 11 is 3.46. The molecule has 4 nitrogen and oxygen atoms in total. The molecule has 0 aliphatic heterocycles. The molecule has 1 saturated carbocycles. The van der Waals surface area contributed by atoms with Crippen molar-refractivity contribution in [1.82, 2.24) is 0 Å². The van der Waals surface area contributed by atoms with E-state index in [2.05, 4.69) is 15.9 Å². The van der Waals surface area contributed by atoms with Crippen molar-refractivity contribution in [3.8, 4) is 11.5 Å². The Hall–Kier alpha value is -1.23. The van der Waals surface area contributed by atoms with E-state index in [4.69, 9.17) is 9.47 Å². The predicted octanol–water partition coefficient (Wildman–Crippen LogP) is 3.54. The van der Waals surface area contributed by atoms with Gasteiger partial charge in [0.25, 0.3) is 0 Å². The molecule has 0 spiro atoms. The third-order valence-corrected chi connectivity index (χ3v) is 4.78. The molecule has 1 N–H and O–H groups in total. The third kappa shape index (κ3) is 2.08. The number of rotatable bonds is 5. The second-order valence-electron chi connectivity index (χ2n) is 5.05. The van der Waals surface area contributed by atoms with Gasteiger partial charge in [0, 0.05) is 5.56 Å². The van der Waals surface area contributed by atoms with E-state index in [9.17, 15) is 9.90 Å². The molecular formula is C15H19BrO4. The third-order valence-electron chi connectivity index (χ3n) is 4.19. The lowest BCUT2D eigenvalue weighted by molar-refractivity contribution is -0.147. The first-order valence-corrected chi connectivity index (χ1v) is 7.48. The van der Waals surface area contributed by atoms with E-state index in [1.165, 1.54) is 0 Å². The van der Waals surface area contributed by atoms with Gasteiger partial charge in [-0.2, -0.15) is 0 Å². The van der Waals surface area contributed by atoms with Gasteiger partial charge >= 0.3 is 5.97 Å². The lowest BCUT2D eigenvalue weighted by Gasteiger charge is -2.40. The molecule has 2 rings (SSSR count). The van der Waals surface area contributed by atoms with Crippen LogP contribution in [-0.2, 0) is 16.6 Å². The fourth-order valence-corrected chi connectivity index (χ4v) is 3.53. The van der Waals surface area contributed by atoms with Crippen LogP contribution in [0.1, 0.15) is 37.3 Å². The number of aliphatic carboxylic acids is 1. The van der Waals surface area contributed by atoms with Crippen molar-refractivity contribution in [2.75, 3.05) is 14.2 Å². The van der Waals surface area contributed by atoms with Crippen molar-refractivity contribution >= 4 is 21.9 Å². The number of benzene rings is 1. The Morgan fingerprint density at radius 1 is 1.35 bits per heavy atom. The molecule has 5 heteroatoms. The Morgan fingerprint density at radius 3 is 2.30 bits per heavy atom. The predicted molar refractivity (Wildman–Crippen MR) is 79.8 cm³/mol.